The lowest BCUT2D eigenvalue weighted by Gasteiger charge is -2.16. The molecule has 2 unspecified atom stereocenters. The Balaban J connectivity index is -0.00000205. The molecule has 0 spiro atoms. The van der Waals surface area contributed by atoms with Crippen LogP contribution in [0.15, 0.2) is 73.3 Å². The van der Waals surface area contributed by atoms with E-state index in [1.54, 1.807) is 0 Å². The van der Waals surface area contributed by atoms with Crippen LogP contribution in [0.1, 0.15) is 72.4 Å². The van der Waals surface area contributed by atoms with E-state index in [-0.39, 0.29) is 58.9 Å². The number of hydrogen-bond acceptors (Lipinski definition) is 1. The Bertz CT molecular complexity index is 959. The predicted molar refractivity (Wildman–Crippen MR) is 140 cm³/mol. The molecule has 0 bridgehead atoms. The Kier molecular flexibility index (Phi) is 19.0. The monoisotopic (exact) mass is 521 g/mol. The van der Waals surface area contributed by atoms with Crippen LogP contribution in [0.4, 0.5) is 0 Å². The van der Waals surface area contributed by atoms with E-state index in [0.29, 0.717) is 5.92 Å². The number of carbonyl (C=O) groups is 1. The number of benzene rings is 1. The second kappa shape index (κ2) is 17.9. The van der Waals surface area contributed by atoms with Gasteiger partial charge in [-0.05, 0) is 41.9 Å². The third-order valence-electron chi connectivity index (χ3n) is 5.96. The van der Waals surface area contributed by atoms with Crippen molar-refractivity contribution in [2.24, 2.45) is 18.7 Å². The number of carbonyl (C=O) groups excluding carboxylic acids is 1. The molecular weight excluding hydrogens is 477 g/mol. The molecule has 2 aromatic heterocycles. The molecule has 2 N–H and O–H groups in total. The summed E-state index contributed by atoms with van der Waals surface area (Å²) in [7, 11) is 2.03. The van der Waals surface area contributed by atoms with Crippen LogP contribution >= 0.6 is 0 Å². The number of nitrogens with zero attached hydrogens (tertiary/aromatic N) is 2. The number of amides is 1. The van der Waals surface area contributed by atoms with Crippen molar-refractivity contribution in [3.8, 4) is 11.1 Å². The number of rotatable bonds is 9. The van der Waals surface area contributed by atoms with Crippen molar-refractivity contribution in [3.63, 3.8) is 0 Å². The number of halogens is 2. The molecule has 0 radical (unpaired) electrons. The van der Waals surface area contributed by atoms with E-state index in [2.05, 4.69) is 84.8 Å². The zero-order chi connectivity index (χ0) is 21.5. The van der Waals surface area contributed by atoms with Crippen LogP contribution < -0.4 is 39.7 Å². The highest BCUT2D eigenvalue weighted by Crippen LogP contribution is 2.24. The Morgan fingerprint density at radius 1 is 0.829 bits per heavy atom. The van der Waals surface area contributed by atoms with Crippen LogP contribution in [0, 0.1) is 5.92 Å². The van der Waals surface area contributed by atoms with Crippen molar-refractivity contribution in [2.75, 3.05) is 0 Å². The van der Waals surface area contributed by atoms with E-state index < -0.39 is 0 Å². The largest absolute Gasteiger partial charge is 1.00 e. The third kappa shape index (κ3) is 10.8. The molecule has 196 valence electrons. The minimum atomic E-state index is -0.177. The second-order valence-corrected chi connectivity index (χ2v) is 8.24. The van der Waals surface area contributed by atoms with Crippen LogP contribution in [-0.4, -0.2) is 5.91 Å². The van der Waals surface area contributed by atoms with Gasteiger partial charge in [-0.2, -0.15) is 0 Å². The van der Waals surface area contributed by atoms with Gasteiger partial charge in [-0.25, -0.2) is 9.13 Å². The van der Waals surface area contributed by atoms with Crippen molar-refractivity contribution in [3.05, 3.63) is 84.4 Å². The highest BCUT2D eigenvalue weighted by atomic mass is 35.5. The Morgan fingerprint density at radius 2 is 1.31 bits per heavy atom. The smallest absolute Gasteiger partial charge is 0.220 e. The molecule has 2 heterocycles. The average molecular weight is 523 g/mol. The van der Waals surface area contributed by atoms with Crippen LogP contribution in [0.25, 0.3) is 11.1 Å². The highest BCUT2D eigenvalue weighted by Gasteiger charge is 2.15. The average Bonchev–Trinajstić information content (AvgIpc) is 2.75. The molecule has 0 saturated heterocycles. The fourth-order valence-corrected chi connectivity index (χ4v) is 3.78. The van der Waals surface area contributed by atoms with Gasteiger partial charge >= 0.3 is 0 Å². The molecule has 0 saturated carbocycles. The number of pyridine rings is 2. The van der Waals surface area contributed by atoms with E-state index in [9.17, 15) is 4.79 Å². The minimum Gasteiger partial charge on any atom is -1.00 e. The molecule has 3 rings (SSSR count). The summed E-state index contributed by atoms with van der Waals surface area (Å²) < 4.78 is 4.24. The van der Waals surface area contributed by atoms with Gasteiger partial charge in [-0.1, -0.05) is 60.4 Å². The SMILES string of the molecule is C.C.C.CCC(CCC(C)c1ccc(C[n+]2ccc(-c3cc[n+](C)cc3)cc2)cc1)C(N)=O.[Cl-].[Cl-]. The lowest BCUT2D eigenvalue weighted by Crippen LogP contribution is -3.00. The fourth-order valence-electron chi connectivity index (χ4n) is 3.78. The van der Waals surface area contributed by atoms with Gasteiger partial charge in [0.05, 0.1) is 0 Å². The quantitative estimate of drug-likeness (QED) is 0.390. The number of primary amides is 1. The lowest BCUT2D eigenvalue weighted by molar-refractivity contribution is -0.688. The number of hydrogen-bond donors (Lipinski definition) is 1. The maximum atomic E-state index is 11.4. The lowest BCUT2D eigenvalue weighted by atomic mass is 9.90. The maximum Gasteiger partial charge on any atom is 0.220 e. The molecular formula is C29H45Cl2N3O. The van der Waals surface area contributed by atoms with Crippen LogP contribution in [0.2, 0.25) is 0 Å². The molecule has 0 fully saturated rings. The topological polar surface area (TPSA) is 50.9 Å². The summed E-state index contributed by atoms with van der Waals surface area (Å²) in [4.78, 5) is 11.4. The molecule has 0 aliphatic heterocycles. The summed E-state index contributed by atoms with van der Waals surface area (Å²) >= 11 is 0. The first kappa shape index (κ1) is 37.1. The summed E-state index contributed by atoms with van der Waals surface area (Å²) in [5.41, 5.74) is 10.5. The molecule has 1 amide bonds. The summed E-state index contributed by atoms with van der Waals surface area (Å²) in [5.74, 6) is 0.237. The van der Waals surface area contributed by atoms with Crippen molar-refractivity contribution >= 4 is 5.91 Å². The minimum absolute atomic E-state index is 0. The first-order valence-electron chi connectivity index (χ1n) is 10.8. The van der Waals surface area contributed by atoms with Gasteiger partial charge in [-0.15, -0.1) is 0 Å². The molecule has 4 nitrogen and oxygen atoms in total. The van der Waals surface area contributed by atoms with Crippen LogP contribution in [-0.2, 0) is 18.4 Å². The van der Waals surface area contributed by atoms with Gasteiger partial charge in [0.2, 0.25) is 5.91 Å². The second-order valence-electron chi connectivity index (χ2n) is 8.24. The first-order valence-corrected chi connectivity index (χ1v) is 10.8. The number of nitrogens with two attached hydrogens (primary N) is 1. The third-order valence-corrected chi connectivity index (χ3v) is 5.96. The standard InChI is InChI=1S/C26H32N3O.3CH4.2ClH/c1-4-22(26(27)30)8-5-20(2)23-9-6-21(7-10-23)19-29-17-13-25(14-18-29)24-11-15-28(3)16-12-24;;;;;/h6-7,9-18,20,22H,4-5,8,19H2,1-3H3,(H-,27,30);3*1H4;2*1H/q+1;;;;;/p-1. The van der Waals surface area contributed by atoms with Gasteiger partial charge in [0, 0.05) is 35.7 Å². The Morgan fingerprint density at radius 3 is 1.77 bits per heavy atom. The van der Waals surface area contributed by atoms with Gasteiger partial charge in [0.1, 0.15) is 7.05 Å². The maximum absolute atomic E-state index is 11.4. The highest BCUT2D eigenvalue weighted by molar-refractivity contribution is 5.76. The van der Waals surface area contributed by atoms with E-state index in [1.165, 1.54) is 22.3 Å². The fraction of sp³-hybridized carbons (Fsp3) is 0.414. The van der Waals surface area contributed by atoms with Crippen molar-refractivity contribution < 1.29 is 38.7 Å². The number of aromatic nitrogens is 2. The van der Waals surface area contributed by atoms with Crippen molar-refractivity contribution in [1.29, 1.82) is 0 Å². The predicted octanol–water partition coefficient (Wildman–Crippen LogP) is -0.175. The van der Waals surface area contributed by atoms with E-state index in [0.717, 1.165) is 25.8 Å². The van der Waals surface area contributed by atoms with E-state index in [4.69, 9.17) is 5.73 Å². The van der Waals surface area contributed by atoms with Crippen molar-refractivity contribution in [1.82, 2.24) is 0 Å². The normalized spacial score (nSPS) is 11.2. The molecule has 3 aromatic rings. The molecule has 2 atom stereocenters. The first-order chi connectivity index (χ1) is 14.5. The van der Waals surface area contributed by atoms with Crippen LogP contribution in [0.5, 0.6) is 0 Å². The van der Waals surface area contributed by atoms with Gasteiger partial charge in [0.15, 0.2) is 31.3 Å². The van der Waals surface area contributed by atoms with E-state index in [1.807, 2.05) is 18.5 Å². The summed E-state index contributed by atoms with van der Waals surface area (Å²) in [6.45, 7) is 5.09. The number of aryl methyl sites for hydroxylation is 1. The summed E-state index contributed by atoms with van der Waals surface area (Å²) in [6.07, 6.45) is 11.1. The summed E-state index contributed by atoms with van der Waals surface area (Å²) in [6, 6.07) is 17.4. The van der Waals surface area contributed by atoms with Gasteiger partial charge in [0.25, 0.3) is 0 Å². The molecule has 0 aliphatic carbocycles. The zero-order valence-corrected chi connectivity index (χ0v) is 20.6. The zero-order valence-electron chi connectivity index (χ0n) is 19.0. The van der Waals surface area contributed by atoms with Crippen LogP contribution in [0.3, 0.4) is 0 Å². The molecule has 0 aliphatic rings. The molecule has 1 aromatic carbocycles. The van der Waals surface area contributed by atoms with Crippen molar-refractivity contribution in [2.45, 2.75) is 67.9 Å². The van der Waals surface area contributed by atoms with Gasteiger partial charge < -0.3 is 30.5 Å². The Hall–Kier alpha value is -2.43. The van der Waals surface area contributed by atoms with Gasteiger partial charge in [-0.3, -0.25) is 4.79 Å². The Labute approximate surface area is 226 Å². The molecule has 35 heavy (non-hydrogen) atoms. The summed E-state index contributed by atoms with van der Waals surface area (Å²) in [5, 5.41) is 0. The molecule has 6 heteroatoms. The van der Waals surface area contributed by atoms with E-state index >= 15 is 0 Å².